The van der Waals surface area contributed by atoms with Gasteiger partial charge in [-0.2, -0.15) is 4.99 Å². The molecule has 0 heterocycles. The summed E-state index contributed by atoms with van der Waals surface area (Å²) in [5, 5.41) is 1.95. The van der Waals surface area contributed by atoms with Crippen molar-refractivity contribution in [1.29, 1.82) is 0 Å². The van der Waals surface area contributed by atoms with Crippen LogP contribution in [0.1, 0.15) is 31.4 Å². The van der Waals surface area contributed by atoms with Crippen molar-refractivity contribution < 1.29 is 13.5 Å². The Kier molecular flexibility index (Phi) is 6.82. The van der Waals surface area contributed by atoms with Crippen molar-refractivity contribution in [2.24, 2.45) is 10.9 Å². The molecule has 1 atom stereocenters. The molecule has 2 aromatic carbocycles. The summed E-state index contributed by atoms with van der Waals surface area (Å²) in [6.07, 6.45) is 1.06. The summed E-state index contributed by atoms with van der Waals surface area (Å²) in [6, 6.07) is 9.49. The second-order valence-corrected chi connectivity index (χ2v) is 5.77. The summed E-state index contributed by atoms with van der Waals surface area (Å²) in [5.41, 5.74) is 0.483. The molecule has 0 radical (unpaired) electrons. The molecular formula is C20H17F2NOS. The maximum atomic E-state index is 13.8. The lowest BCUT2D eigenvalue weighted by Gasteiger charge is -2.10. The predicted octanol–water partition coefficient (Wildman–Crippen LogP) is 5.52. The van der Waals surface area contributed by atoms with Gasteiger partial charge >= 0.3 is 0 Å². The van der Waals surface area contributed by atoms with Crippen molar-refractivity contribution in [3.05, 3.63) is 59.2 Å². The Morgan fingerprint density at radius 1 is 1.08 bits per heavy atom. The highest BCUT2D eigenvalue weighted by Gasteiger charge is 2.09. The molecule has 2 aromatic rings. The van der Waals surface area contributed by atoms with E-state index < -0.39 is 17.3 Å². The molecule has 1 unspecified atom stereocenters. The fourth-order valence-corrected chi connectivity index (χ4v) is 2.02. The van der Waals surface area contributed by atoms with Crippen molar-refractivity contribution in [2.75, 3.05) is 6.61 Å². The van der Waals surface area contributed by atoms with Crippen LogP contribution in [-0.4, -0.2) is 11.8 Å². The van der Waals surface area contributed by atoms with E-state index in [1.54, 1.807) is 12.1 Å². The van der Waals surface area contributed by atoms with E-state index in [0.29, 0.717) is 12.5 Å². The first kappa shape index (κ1) is 18.8. The quantitative estimate of drug-likeness (QED) is 0.399. The minimum Gasteiger partial charge on any atom is -0.493 e. The summed E-state index contributed by atoms with van der Waals surface area (Å²) in [5.74, 6) is 5.21. The lowest BCUT2D eigenvalue weighted by molar-refractivity contribution is 0.256. The minimum absolute atomic E-state index is 0.218. The number of hydrogen-bond donors (Lipinski definition) is 0. The molecule has 0 spiro atoms. The third-order valence-corrected chi connectivity index (χ3v) is 3.70. The molecule has 128 valence electrons. The monoisotopic (exact) mass is 357 g/mol. The Hall–Kier alpha value is -2.54. The number of rotatable bonds is 5. The second kappa shape index (κ2) is 9.08. The van der Waals surface area contributed by atoms with Crippen LogP contribution in [0.2, 0.25) is 0 Å². The third kappa shape index (κ3) is 5.49. The van der Waals surface area contributed by atoms with Crippen molar-refractivity contribution in [3.63, 3.8) is 0 Å². The van der Waals surface area contributed by atoms with Gasteiger partial charge in [0.25, 0.3) is 0 Å². The van der Waals surface area contributed by atoms with E-state index in [2.05, 4.69) is 42.9 Å². The summed E-state index contributed by atoms with van der Waals surface area (Å²) in [7, 11) is 0. The molecule has 0 saturated carbocycles. The first-order chi connectivity index (χ1) is 12.0. The van der Waals surface area contributed by atoms with E-state index in [0.717, 1.165) is 29.9 Å². The largest absolute Gasteiger partial charge is 0.493 e. The van der Waals surface area contributed by atoms with Crippen LogP contribution in [-0.2, 0) is 0 Å². The zero-order valence-corrected chi connectivity index (χ0v) is 14.8. The number of thiocarbonyl (C=S) groups is 1. The van der Waals surface area contributed by atoms with Crippen molar-refractivity contribution in [3.8, 4) is 17.6 Å². The molecule has 0 aliphatic rings. The van der Waals surface area contributed by atoms with Crippen molar-refractivity contribution in [1.82, 2.24) is 0 Å². The molecule has 0 bridgehead atoms. The van der Waals surface area contributed by atoms with Crippen LogP contribution < -0.4 is 4.74 Å². The fourth-order valence-electron chi connectivity index (χ4n) is 1.93. The van der Waals surface area contributed by atoms with E-state index in [4.69, 9.17) is 4.74 Å². The van der Waals surface area contributed by atoms with Crippen LogP contribution in [0.3, 0.4) is 0 Å². The van der Waals surface area contributed by atoms with Crippen molar-refractivity contribution in [2.45, 2.75) is 20.3 Å². The van der Waals surface area contributed by atoms with Gasteiger partial charge < -0.3 is 4.74 Å². The summed E-state index contributed by atoms with van der Waals surface area (Å²) >= 11 is 4.36. The lowest BCUT2D eigenvalue weighted by Crippen LogP contribution is -2.06. The highest BCUT2D eigenvalue weighted by Crippen LogP contribution is 2.23. The number of nitrogens with zero attached hydrogens (tertiary/aromatic N) is 1. The SMILES string of the molecule is CCC(C)COc1ccc(C#Cc2cc(F)c(N=C=S)c(F)c2)cc1. The molecular weight excluding hydrogens is 340 g/mol. The maximum absolute atomic E-state index is 13.8. The highest BCUT2D eigenvalue weighted by atomic mass is 32.1. The van der Waals surface area contributed by atoms with Gasteiger partial charge in [0.05, 0.1) is 11.8 Å². The van der Waals surface area contributed by atoms with Gasteiger partial charge in [-0.25, -0.2) is 8.78 Å². The molecule has 0 fully saturated rings. The number of aliphatic imine (C=N–C) groups is 1. The van der Waals surface area contributed by atoms with E-state index in [1.807, 2.05) is 17.3 Å². The molecule has 0 N–H and O–H groups in total. The van der Waals surface area contributed by atoms with Gasteiger partial charge in [-0.1, -0.05) is 32.1 Å². The fraction of sp³-hybridized carbons (Fsp3) is 0.250. The number of benzene rings is 2. The normalized spacial score (nSPS) is 11.0. The molecule has 25 heavy (non-hydrogen) atoms. The van der Waals surface area contributed by atoms with Gasteiger partial charge in [-0.15, -0.1) is 0 Å². The number of isothiocyanates is 1. The Morgan fingerprint density at radius 2 is 1.68 bits per heavy atom. The minimum atomic E-state index is -0.824. The number of halogens is 2. The second-order valence-electron chi connectivity index (χ2n) is 5.59. The van der Waals surface area contributed by atoms with Gasteiger partial charge in [0, 0.05) is 11.1 Å². The first-order valence-electron chi connectivity index (χ1n) is 7.85. The first-order valence-corrected chi connectivity index (χ1v) is 8.26. The van der Waals surface area contributed by atoms with Crippen LogP contribution in [0.15, 0.2) is 41.4 Å². The van der Waals surface area contributed by atoms with Crippen LogP contribution >= 0.6 is 12.2 Å². The lowest BCUT2D eigenvalue weighted by atomic mass is 10.1. The van der Waals surface area contributed by atoms with E-state index in [-0.39, 0.29) is 5.56 Å². The van der Waals surface area contributed by atoms with Gasteiger partial charge in [-0.3, -0.25) is 0 Å². The summed E-state index contributed by atoms with van der Waals surface area (Å²) in [4.78, 5) is 3.36. The Labute approximate surface area is 151 Å². The number of ether oxygens (including phenoxy) is 1. The molecule has 0 saturated heterocycles. The smallest absolute Gasteiger partial charge is 0.153 e. The zero-order valence-electron chi connectivity index (χ0n) is 14.0. The summed E-state index contributed by atoms with van der Waals surface area (Å²) < 4.78 is 33.2. The predicted molar refractivity (Wildman–Crippen MR) is 98.4 cm³/mol. The van der Waals surface area contributed by atoms with Crippen LogP contribution in [0.5, 0.6) is 5.75 Å². The third-order valence-electron chi connectivity index (χ3n) is 3.61. The highest BCUT2D eigenvalue weighted by molar-refractivity contribution is 7.78. The van der Waals surface area contributed by atoms with Crippen LogP contribution in [0, 0.1) is 29.4 Å². The van der Waals surface area contributed by atoms with E-state index >= 15 is 0 Å². The average molecular weight is 357 g/mol. The topological polar surface area (TPSA) is 21.6 Å². The van der Waals surface area contributed by atoms with Crippen LogP contribution in [0.25, 0.3) is 0 Å². The Balaban J connectivity index is 2.12. The molecule has 2 rings (SSSR count). The van der Waals surface area contributed by atoms with Gasteiger partial charge in [0.2, 0.25) is 0 Å². The van der Waals surface area contributed by atoms with Crippen LogP contribution in [0.4, 0.5) is 14.5 Å². The molecule has 0 aromatic heterocycles. The molecule has 0 aliphatic carbocycles. The number of hydrogen-bond acceptors (Lipinski definition) is 3. The zero-order chi connectivity index (χ0) is 18.2. The summed E-state index contributed by atoms with van der Waals surface area (Å²) in [6.45, 7) is 4.91. The molecule has 2 nitrogen and oxygen atoms in total. The van der Waals surface area contributed by atoms with Gasteiger partial charge in [0.15, 0.2) is 11.6 Å². The molecule has 0 aliphatic heterocycles. The maximum Gasteiger partial charge on any atom is 0.153 e. The van der Waals surface area contributed by atoms with E-state index in [1.165, 1.54) is 0 Å². The molecule has 5 heteroatoms. The Morgan fingerprint density at radius 3 is 2.24 bits per heavy atom. The average Bonchev–Trinajstić information content (AvgIpc) is 2.61. The standard InChI is InChI=1S/C20H17F2NOS/c1-3-14(2)12-24-17-8-6-15(7-9-17)4-5-16-10-18(21)20(23-13-25)19(22)11-16/h6-11,14H,3,12H2,1-2H3. The van der Waals surface area contributed by atoms with E-state index in [9.17, 15) is 8.78 Å². The van der Waals surface area contributed by atoms with Crippen molar-refractivity contribution >= 4 is 23.1 Å². The molecule has 0 amide bonds. The van der Waals surface area contributed by atoms with Gasteiger partial charge in [-0.05, 0) is 54.5 Å². The Bertz CT molecular complexity index is 823. The van der Waals surface area contributed by atoms with Gasteiger partial charge in [0.1, 0.15) is 11.4 Å².